The number of carboxylic acids is 2. The molecule has 1 saturated carbocycles. The van der Waals surface area contributed by atoms with Crippen LogP contribution < -0.4 is 11.3 Å². The first-order valence-corrected chi connectivity index (χ1v) is 8.21. The number of imidazole rings is 1. The van der Waals surface area contributed by atoms with Crippen molar-refractivity contribution in [2.24, 2.45) is 11.3 Å². The van der Waals surface area contributed by atoms with Crippen LogP contribution in [-0.4, -0.2) is 41.7 Å². The number of nitrogen functional groups attached to an aromatic ring is 1. The van der Waals surface area contributed by atoms with Gasteiger partial charge in [-0.25, -0.2) is 4.98 Å². The number of aromatic nitrogens is 4. The molecule has 136 valence electrons. The third kappa shape index (κ3) is 2.07. The Hall–Kier alpha value is -3.17. The maximum Gasteiger partial charge on any atom is 0.312 e. The maximum absolute atomic E-state index is 12.3. The molecule has 0 aliphatic heterocycles. The van der Waals surface area contributed by atoms with E-state index in [1.54, 1.807) is 0 Å². The fourth-order valence-electron chi connectivity index (χ4n) is 4.59. The molecule has 1 fully saturated rings. The fraction of sp³-hybridized carbons (Fsp3) is 0.438. The molecular formula is C16H17N5O5. The summed E-state index contributed by atoms with van der Waals surface area (Å²) >= 11 is 0. The zero-order valence-electron chi connectivity index (χ0n) is 13.7. The second kappa shape index (κ2) is 5.41. The number of aliphatic carboxylic acids is 2. The van der Waals surface area contributed by atoms with E-state index in [0.29, 0.717) is 12.8 Å². The van der Waals surface area contributed by atoms with Crippen LogP contribution in [0.25, 0.3) is 11.2 Å². The van der Waals surface area contributed by atoms with Crippen molar-refractivity contribution in [3.05, 3.63) is 28.3 Å². The van der Waals surface area contributed by atoms with Crippen molar-refractivity contribution in [3.8, 4) is 0 Å². The average Bonchev–Trinajstić information content (AvgIpc) is 3.21. The highest BCUT2D eigenvalue weighted by molar-refractivity contribution is 5.84. The second-order valence-electron chi connectivity index (χ2n) is 6.82. The van der Waals surface area contributed by atoms with Crippen LogP contribution >= 0.6 is 0 Å². The predicted octanol–water partition coefficient (Wildman–Crippen LogP) is 0.529. The molecular weight excluding hydrogens is 342 g/mol. The number of nitrogens with two attached hydrogens (primary N) is 1. The highest BCUT2D eigenvalue weighted by Crippen LogP contribution is 2.59. The monoisotopic (exact) mass is 359 g/mol. The number of hydrogen-bond donors (Lipinski definition) is 4. The highest BCUT2D eigenvalue weighted by Gasteiger charge is 2.60. The second-order valence-corrected chi connectivity index (χ2v) is 6.82. The van der Waals surface area contributed by atoms with Crippen LogP contribution in [0.15, 0.2) is 22.8 Å². The van der Waals surface area contributed by atoms with E-state index in [1.807, 2.05) is 6.08 Å². The Kier molecular flexibility index (Phi) is 3.40. The SMILES string of the molecule is Nc1nc2c(ncn2[C@H]2CC3=CCCC3C2(CC(=O)O)C(=O)O)c(=O)[nH]1. The van der Waals surface area contributed by atoms with Gasteiger partial charge in [0.15, 0.2) is 11.2 Å². The number of aromatic amines is 1. The predicted molar refractivity (Wildman–Crippen MR) is 89.3 cm³/mol. The quantitative estimate of drug-likeness (QED) is 0.574. The molecule has 2 unspecified atom stereocenters. The Labute approximate surface area is 146 Å². The number of rotatable bonds is 4. The van der Waals surface area contributed by atoms with Crippen LogP contribution in [0.1, 0.15) is 31.7 Å². The molecule has 4 rings (SSSR count). The Morgan fingerprint density at radius 3 is 2.88 bits per heavy atom. The number of carbonyl (C=O) groups is 2. The summed E-state index contributed by atoms with van der Waals surface area (Å²) in [5.41, 5.74) is 4.71. The first-order valence-electron chi connectivity index (χ1n) is 8.21. The number of fused-ring (bicyclic) bond motifs is 2. The van der Waals surface area contributed by atoms with Gasteiger partial charge in [0.05, 0.1) is 18.8 Å². The van der Waals surface area contributed by atoms with Crippen LogP contribution in [-0.2, 0) is 9.59 Å². The van der Waals surface area contributed by atoms with Gasteiger partial charge in [-0.15, -0.1) is 0 Å². The van der Waals surface area contributed by atoms with Gasteiger partial charge in [-0.2, -0.15) is 4.98 Å². The molecule has 10 nitrogen and oxygen atoms in total. The van der Waals surface area contributed by atoms with Gasteiger partial charge in [0, 0.05) is 0 Å². The van der Waals surface area contributed by atoms with Crippen LogP contribution in [0.4, 0.5) is 5.95 Å². The van der Waals surface area contributed by atoms with E-state index >= 15 is 0 Å². The molecule has 2 aliphatic rings. The third-order valence-electron chi connectivity index (χ3n) is 5.58. The minimum Gasteiger partial charge on any atom is -0.481 e. The molecule has 0 amide bonds. The molecule has 0 spiro atoms. The van der Waals surface area contributed by atoms with Gasteiger partial charge in [-0.3, -0.25) is 19.4 Å². The van der Waals surface area contributed by atoms with Gasteiger partial charge in [-0.05, 0) is 25.2 Å². The lowest BCUT2D eigenvalue weighted by Gasteiger charge is -2.35. The summed E-state index contributed by atoms with van der Waals surface area (Å²) in [7, 11) is 0. The van der Waals surface area contributed by atoms with E-state index in [9.17, 15) is 24.6 Å². The van der Waals surface area contributed by atoms with Crippen molar-refractivity contribution in [2.45, 2.75) is 31.7 Å². The van der Waals surface area contributed by atoms with Gasteiger partial charge < -0.3 is 20.5 Å². The standard InChI is InChI=1S/C16H17N5O5/c17-15-19-12-11(13(24)20-15)18-6-21(12)9-4-7-2-1-3-8(7)16(9,14(25)26)5-10(22)23/h2,6,8-9H,1,3-5H2,(H,22,23)(H,25,26)(H3,17,19,20,24)/t8?,9-,16?/m0/s1. The Morgan fingerprint density at radius 2 is 2.19 bits per heavy atom. The molecule has 2 heterocycles. The van der Waals surface area contributed by atoms with Gasteiger partial charge in [-0.1, -0.05) is 11.6 Å². The molecule has 3 atom stereocenters. The molecule has 0 bridgehead atoms. The smallest absolute Gasteiger partial charge is 0.312 e. The van der Waals surface area contributed by atoms with Crippen molar-refractivity contribution >= 4 is 29.1 Å². The van der Waals surface area contributed by atoms with Crippen molar-refractivity contribution in [3.63, 3.8) is 0 Å². The van der Waals surface area contributed by atoms with Crippen LogP contribution in [0, 0.1) is 11.3 Å². The molecule has 10 heteroatoms. The largest absolute Gasteiger partial charge is 0.481 e. The number of hydrogen-bond acceptors (Lipinski definition) is 6. The Morgan fingerprint density at radius 1 is 1.42 bits per heavy atom. The average molecular weight is 359 g/mol. The van der Waals surface area contributed by atoms with E-state index in [-0.39, 0.29) is 23.0 Å². The summed E-state index contributed by atoms with van der Waals surface area (Å²) in [4.78, 5) is 46.4. The summed E-state index contributed by atoms with van der Waals surface area (Å²) in [6, 6.07) is -0.716. The molecule has 26 heavy (non-hydrogen) atoms. The highest BCUT2D eigenvalue weighted by atomic mass is 16.4. The number of nitrogens with one attached hydrogen (secondary N) is 1. The minimum atomic E-state index is -1.53. The number of carboxylic acid groups (broad SMARTS) is 2. The molecule has 2 aromatic heterocycles. The zero-order valence-corrected chi connectivity index (χ0v) is 13.7. The Balaban J connectivity index is 1.96. The lowest BCUT2D eigenvalue weighted by molar-refractivity contribution is -0.160. The topological polar surface area (TPSA) is 164 Å². The van der Waals surface area contributed by atoms with Crippen molar-refractivity contribution in [1.29, 1.82) is 0 Å². The van der Waals surface area contributed by atoms with E-state index in [4.69, 9.17) is 5.73 Å². The zero-order chi connectivity index (χ0) is 18.6. The molecule has 2 aliphatic carbocycles. The van der Waals surface area contributed by atoms with E-state index in [1.165, 1.54) is 10.9 Å². The number of nitrogens with zero attached hydrogens (tertiary/aromatic N) is 3. The summed E-state index contributed by atoms with van der Waals surface area (Å²) in [5.74, 6) is -2.82. The molecule has 5 N–H and O–H groups in total. The Bertz CT molecular complexity index is 1020. The van der Waals surface area contributed by atoms with Gasteiger partial charge in [0.25, 0.3) is 5.56 Å². The van der Waals surface area contributed by atoms with Crippen LogP contribution in [0.5, 0.6) is 0 Å². The third-order valence-corrected chi connectivity index (χ3v) is 5.58. The minimum absolute atomic E-state index is 0.0415. The number of anilines is 1. The van der Waals surface area contributed by atoms with Gasteiger partial charge in [0.1, 0.15) is 5.41 Å². The van der Waals surface area contributed by atoms with Gasteiger partial charge in [0.2, 0.25) is 5.95 Å². The number of H-pyrrole nitrogens is 1. The van der Waals surface area contributed by atoms with E-state index in [0.717, 1.165) is 12.0 Å². The summed E-state index contributed by atoms with van der Waals surface area (Å²) in [5, 5.41) is 19.5. The lowest BCUT2D eigenvalue weighted by Crippen LogP contribution is -2.43. The summed E-state index contributed by atoms with van der Waals surface area (Å²) < 4.78 is 1.50. The first-order chi connectivity index (χ1) is 12.3. The summed E-state index contributed by atoms with van der Waals surface area (Å²) in [6.45, 7) is 0. The van der Waals surface area contributed by atoms with E-state index in [2.05, 4.69) is 15.0 Å². The van der Waals surface area contributed by atoms with Crippen LogP contribution in [0.3, 0.4) is 0 Å². The lowest BCUT2D eigenvalue weighted by atomic mass is 9.71. The molecule has 2 aromatic rings. The maximum atomic E-state index is 12.3. The van der Waals surface area contributed by atoms with Gasteiger partial charge >= 0.3 is 11.9 Å². The molecule has 0 saturated heterocycles. The van der Waals surface area contributed by atoms with Crippen molar-refractivity contribution < 1.29 is 19.8 Å². The van der Waals surface area contributed by atoms with E-state index < -0.39 is 35.4 Å². The molecule has 0 aromatic carbocycles. The first kappa shape index (κ1) is 16.3. The van der Waals surface area contributed by atoms with Crippen molar-refractivity contribution in [2.75, 3.05) is 5.73 Å². The fourth-order valence-corrected chi connectivity index (χ4v) is 4.59. The molecule has 0 radical (unpaired) electrons. The van der Waals surface area contributed by atoms with Crippen molar-refractivity contribution in [1.82, 2.24) is 19.5 Å². The van der Waals surface area contributed by atoms with Crippen LogP contribution in [0.2, 0.25) is 0 Å². The summed E-state index contributed by atoms with van der Waals surface area (Å²) in [6.07, 6.45) is 4.51. The normalized spacial score (nSPS) is 27.5. The number of allylic oxidation sites excluding steroid dienone is 2.